The summed E-state index contributed by atoms with van der Waals surface area (Å²) in [6.45, 7) is 4.12. The third kappa shape index (κ3) is 4.17. The van der Waals surface area contributed by atoms with E-state index in [1.807, 2.05) is 13.0 Å². The van der Waals surface area contributed by atoms with Gasteiger partial charge < -0.3 is 14.8 Å². The van der Waals surface area contributed by atoms with Crippen molar-refractivity contribution in [2.45, 2.75) is 13.8 Å². The number of benzene rings is 1. The molecule has 0 aromatic heterocycles. The fourth-order valence-electron chi connectivity index (χ4n) is 1.53. The zero-order chi connectivity index (χ0) is 14.4. The quantitative estimate of drug-likeness (QED) is 0.666. The molecule has 1 N–H and O–H groups in total. The minimum atomic E-state index is -0.332. The molecule has 4 nitrogen and oxygen atoms in total. The maximum absolute atomic E-state index is 11.2. The zero-order valence-electron chi connectivity index (χ0n) is 11.5. The Balaban J connectivity index is 2.78. The van der Waals surface area contributed by atoms with Crippen molar-refractivity contribution in [3.05, 3.63) is 34.4 Å². The minimum Gasteiger partial charge on any atom is -0.495 e. The van der Waals surface area contributed by atoms with Gasteiger partial charge in [0.2, 0.25) is 0 Å². The van der Waals surface area contributed by atoms with Crippen LogP contribution in [-0.2, 0) is 9.53 Å². The van der Waals surface area contributed by atoms with Crippen LogP contribution >= 0.6 is 11.6 Å². The van der Waals surface area contributed by atoms with Crippen LogP contribution in [-0.4, -0.2) is 26.7 Å². The highest BCUT2D eigenvalue weighted by atomic mass is 35.5. The molecule has 0 spiro atoms. The summed E-state index contributed by atoms with van der Waals surface area (Å²) in [5.41, 5.74) is 2.34. The van der Waals surface area contributed by atoms with E-state index in [4.69, 9.17) is 16.3 Å². The Hall–Kier alpha value is -1.68. The first-order valence-electron chi connectivity index (χ1n) is 5.82. The summed E-state index contributed by atoms with van der Waals surface area (Å²) >= 11 is 6.03. The second-order valence-corrected chi connectivity index (χ2v) is 4.47. The van der Waals surface area contributed by atoms with Gasteiger partial charge in [0.15, 0.2) is 0 Å². The first-order chi connectivity index (χ1) is 8.99. The molecular formula is C14H18ClNO3. The molecule has 19 heavy (non-hydrogen) atoms. The van der Waals surface area contributed by atoms with E-state index < -0.39 is 0 Å². The van der Waals surface area contributed by atoms with Crippen LogP contribution in [0.1, 0.15) is 12.5 Å². The lowest BCUT2D eigenvalue weighted by atomic mass is 10.2. The maximum Gasteiger partial charge on any atom is 0.333 e. The molecule has 0 fully saturated rings. The molecule has 0 saturated heterocycles. The lowest BCUT2D eigenvalue weighted by molar-refractivity contribution is -0.136. The Morgan fingerprint density at radius 3 is 2.68 bits per heavy atom. The van der Waals surface area contributed by atoms with E-state index in [0.29, 0.717) is 22.9 Å². The van der Waals surface area contributed by atoms with Crippen LogP contribution < -0.4 is 10.1 Å². The van der Waals surface area contributed by atoms with Crippen LogP contribution in [0.3, 0.4) is 0 Å². The molecule has 0 radical (unpaired) electrons. The Morgan fingerprint density at radius 2 is 2.11 bits per heavy atom. The highest BCUT2D eigenvalue weighted by molar-refractivity contribution is 6.31. The van der Waals surface area contributed by atoms with Gasteiger partial charge in [-0.3, -0.25) is 0 Å². The molecule has 0 amide bonds. The molecule has 0 aliphatic carbocycles. The van der Waals surface area contributed by atoms with E-state index in [1.54, 1.807) is 26.2 Å². The van der Waals surface area contributed by atoms with Crippen LogP contribution in [0, 0.1) is 6.92 Å². The Labute approximate surface area is 118 Å². The van der Waals surface area contributed by atoms with Gasteiger partial charge in [-0.25, -0.2) is 4.79 Å². The van der Waals surface area contributed by atoms with Crippen molar-refractivity contribution in [3.63, 3.8) is 0 Å². The largest absolute Gasteiger partial charge is 0.495 e. The molecule has 0 aliphatic heterocycles. The average Bonchev–Trinajstić information content (AvgIpc) is 2.41. The maximum atomic E-state index is 11.2. The molecule has 104 valence electrons. The fourth-order valence-corrected chi connectivity index (χ4v) is 1.68. The van der Waals surface area contributed by atoms with Gasteiger partial charge in [0.25, 0.3) is 0 Å². The molecule has 0 atom stereocenters. The van der Waals surface area contributed by atoms with E-state index in [2.05, 4.69) is 10.1 Å². The van der Waals surface area contributed by atoms with Gasteiger partial charge in [-0.15, -0.1) is 0 Å². The number of hydrogen-bond donors (Lipinski definition) is 1. The third-order valence-corrected chi connectivity index (χ3v) is 3.10. The number of anilines is 1. The van der Waals surface area contributed by atoms with Crippen molar-refractivity contribution < 1.29 is 14.3 Å². The SMILES string of the molecule is COC(=O)/C(C)=C/CNc1cc(C)c(Cl)cc1OC. The van der Waals surface area contributed by atoms with Crippen molar-refractivity contribution >= 4 is 23.3 Å². The third-order valence-electron chi connectivity index (χ3n) is 2.69. The molecule has 0 bridgehead atoms. The second-order valence-electron chi connectivity index (χ2n) is 4.06. The van der Waals surface area contributed by atoms with Gasteiger partial charge in [0.05, 0.1) is 19.9 Å². The number of aryl methyl sites for hydroxylation is 1. The number of hydrogen-bond acceptors (Lipinski definition) is 4. The molecule has 1 rings (SSSR count). The Kier molecular flexibility index (Phi) is 5.70. The van der Waals surface area contributed by atoms with Crippen LogP contribution in [0.2, 0.25) is 5.02 Å². The summed E-state index contributed by atoms with van der Waals surface area (Å²) in [6, 6.07) is 3.67. The predicted octanol–water partition coefficient (Wildman–Crippen LogP) is 3.19. The number of halogens is 1. The Morgan fingerprint density at radius 1 is 1.42 bits per heavy atom. The van der Waals surface area contributed by atoms with Crippen molar-refractivity contribution in [1.29, 1.82) is 0 Å². The van der Waals surface area contributed by atoms with Gasteiger partial charge in [-0.1, -0.05) is 17.7 Å². The standard InChI is InChI=1S/C14H18ClNO3/c1-9(14(17)19-4)5-6-16-12-7-10(2)11(15)8-13(12)18-3/h5,7-8,16H,6H2,1-4H3/b9-5+. The minimum absolute atomic E-state index is 0.332. The highest BCUT2D eigenvalue weighted by Crippen LogP contribution is 2.30. The van der Waals surface area contributed by atoms with Gasteiger partial charge in [-0.05, 0) is 25.5 Å². The number of ether oxygens (including phenoxy) is 2. The molecular weight excluding hydrogens is 266 g/mol. The van der Waals surface area contributed by atoms with E-state index >= 15 is 0 Å². The summed E-state index contributed by atoms with van der Waals surface area (Å²) < 4.78 is 9.87. The number of rotatable bonds is 5. The summed E-state index contributed by atoms with van der Waals surface area (Å²) in [4.78, 5) is 11.2. The molecule has 1 aromatic rings. The molecule has 1 aromatic carbocycles. The van der Waals surface area contributed by atoms with Gasteiger partial charge in [-0.2, -0.15) is 0 Å². The second kappa shape index (κ2) is 7.04. The summed E-state index contributed by atoms with van der Waals surface area (Å²) in [7, 11) is 2.94. The monoisotopic (exact) mass is 283 g/mol. The van der Waals surface area contributed by atoms with Crippen LogP contribution in [0.25, 0.3) is 0 Å². The number of esters is 1. The van der Waals surface area contributed by atoms with Gasteiger partial charge >= 0.3 is 5.97 Å². The predicted molar refractivity (Wildman–Crippen MR) is 77.0 cm³/mol. The van der Waals surface area contributed by atoms with Gasteiger partial charge in [0, 0.05) is 23.2 Å². The van der Waals surface area contributed by atoms with E-state index in [0.717, 1.165) is 11.3 Å². The molecule has 0 heterocycles. The van der Waals surface area contributed by atoms with E-state index in [1.165, 1.54) is 7.11 Å². The smallest absolute Gasteiger partial charge is 0.333 e. The lowest BCUT2D eigenvalue weighted by Crippen LogP contribution is -2.06. The average molecular weight is 284 g/mol. The molecule has 0 saturated carbocycles. The molecule has 0 unspecified atom stereocenters. The topological polar surface area (TPSA) is 47.6 Å². The van der Waals surface area contributed by atoms with Crippen molar-refractivity contribution in [2.75, 3.05) is 26.1 Å². The molecule has 5 heteroatoms. The zero-order valence-corrected chi connectivity index (χ0v) is 12.3. The first-order valence-corrected chi connectivity index (χ1v) is 6.20. The van der Waals surface area contributed by atoms with Crippen LogP contribution in [0.4, 0.5) is 5.69 Å². The lowest BCUT2D eigenvalue weighted by Gasteiger charge is -2.12. The highest BCUT2D eigenvalue weighted by Gasteiger charge is 2.06. The van der Waals surface area contributed by atoms with Gasteiger partial charge in [0.1, 0.15) is 5.75 Å². The number of methoxy groups -OCH3 is 2. The number of carbonyl (C=O) groups excluding carboxylic acids is 1. The summed E-state index contributed by atoms with van der Waals surface area (Å²) in [6.07, 6.45) is 1.76. The summed E-state index contributed by atoms with van der Waals surface area (Å²) in [5, 5.41) is 3.83. The molecule has 0 aliphatic rings. The fraction of sp³-hybridized carbons (Fsp3) is 0.357. The van der Waals surface area contributed by atoms with E-state index in [-0.39, 0.29) is 5.97 Å². The van der Waals surface area contributed by atoms with Crippen molar-refractivity contribution in [2.24, 2.45) is 0 Å². The normalized spacial score (nSPS) is 11.1. The van der Waals surface area contributed by atoms with Crippen molar-refractivity contribution in [3.8, 4) is 5.75 Å². The van der Waals surface area contributed by atoms with E-state index in [9.17, 15) is 4.79 Å². The number of nitrogens with one attached hydrogen (secondary N) is 1. The van der Waals surface area contributed by atoms with Crippen molar-refractivity contribution in [1.82, 2.24) is 0 Å². The van der Waals surface area contributed by atoms with Crippen LogP contribution in [0.5, 0.6) is 5.75 Å². The summed E-state index contributed by atoms with van der Waals surface area (Å²) in [5.74, 6) is 0.334. The van der Waals surface area contributed by atoms with Crippen LogP contribution in [0.15, 0.2) is 23.8 Å². The first kappa shape index (κ1) is 15.4. The Bertz CT molecular complexity index is 498. The number of carbonyl (C=O) groups is 1.